The van der Waals surface area contributed by atoms with Crippen LogP contribution in [0.25, 0.3) is 186 Å². The van der Waals surface area contributed by atoms with Gasteiger partial charge in [-0.2, -0.15) is 0 Å². The molecule has 0 radical (unpaired) electrons. The molecule has 98 heavy (non-hydrogen) atoms. The Labute approximate surface area is 566 Å². The summed E-state index contributed by atoms with van der Waals surface area (Å²) < 4.78 is 13.7. The molecule has 0 amide bonds. The summed E-state index contributed by atoms with van der Waals surface area (Å²) in [7, 11) is 0. The van der Waals surface area contributed by atoms with E-state index in [1.807, 2.05) is 18.2 Å². The number of thiophene rings is 1. The number of rotatable bonds is 4. The Morgan fingerprint density at radius 1 is 0.316 bits per heavy atom. The van der Waals surface area contributed by atoms with Gasteiger partial charge in [0.05, 0.1) is 32.3 Å². The second-order valence-corrected chi connectivity index (χ2v) is 28.7. The van der Waals surface area contributed by atoms with Gasteiger partial charge in [-0.15, -0.1) is 11.3 Å². The van der Waals surface area contributed by atoms with Crippen LogP contribution in [0.15, 0.2) is 283 Å². The number of benzene rings is 14. The van der Waals surface area contributed by atoms with Crippen molar-refractivity contribution in [3.63, 3.8) is 0 Å². The number of fused-ring (bicyclic) bond motifs is 24. The molecular weight excluding hydrogens is 1210 g/mol. The number of hydrogen-bond acceptors (Lipinski definition) is 6. The van der Waals surface area contributed by atoms with Gasteiger partial charge in [0.15, 0.2) is 28.9 Å². The highest BCUT2D eigenvalue weighted by Crippen LogP contribution is 2.52. The van der Waals surface area contributed by atoms with Gasteiger partial charge in [-0.05, 0) is 154 Å². The van der Waals surface area contributed by atoms with Crippen LogP contribution in [-0.4, -0.2) is 29.1 Å². The van der Waals surface area contributed by atoms with Gasteiger partial charge < -0.3 is 4.42 Å². The quantitative estimate of drug-likeness (QED) is 0.176. The first-order valence-electron chi connectivity index (χ1n) is 33.7. The van der Waals surface area contributed by atoms with E-state index in [4.69, 9.17) is 24.4 Å². The van der Waals surface area contributed by atoms with Crippen molar-refractivity contribution in [2.24, 2.45) is 0 Å². The van der Waals surface area contributed by atoms with E-state index in [0.717, 1.165) is 82.7 Å². The molecule has 7 nitrogen and oxygen atoms in total. The third-order valence-electron chi connectivity index (χ3n) is 21.6. The van der Waals surface area contributed by atoms with Gasteiger partial charge in [0.1, 0.15) is 11.1 Å². The number of para-hydroxylation sites is 1. The molecule has 0 aliphatic heterocycles. The summed E-state index contributed by atoms with van der Waals surface area (Å²) in [4.78, 5) is 21.6. The van der Waals surface area contributed by atoms with Crippen LogP contribution in [0.3, 0.4) is 0 Å². The van der Waals surface area contributed by atoms with E-state index in [1.54, 1.807) is 11.3 Å². The van der Waals surface area contributed by atoms with Gasteiger partial charge in [-0.3, -0.25) is 9.13 Å². The predicted octanol–water partition coefficient (Wildman–Crippen LogP) is 24.0. The van der Waals surface area contributed by atoms with Crippen LogP contribution < -0.4 is 0 Å². The number of furan rings is 1. The Morgan fingerprint density at radius 2 is 0.745 bits per heavy atom. The van der Waals surface area contributed by atoms with Crippen molar-refractivity contribution in [3.8, 4) is 56.7 Å². The van der Waals surface area contributed by atoms with Crippen molar-refractivity contribution in [1.29, 1.82) is 0 Å². The van der Waals surface area contributed by atoms with Crippen molar-refractivity contribution in [1.82, 2.24) is 29.1 Å². The van der Waals surface area contributed by atoms with E-state index in [1.165, 1.54) is 114 Å². The first-order chi connectivity index (χ1) is 48.1. The normalized spacial score (nSPS) is 13.7. The number of hydrogen-bond donors (Lipinski definition) is 0. The van der Waals surface area contributed by atoms with Crippen molar-refractivity contribution in [2.75, 3.05) is 0 Å². The zero-order valence-electron chi connectivity index (χ0n) is 54.1. The molecular formula is C90H58N6OS. The molecule has 14 aromatic carbocycles. The Bertz CT molecular complexity index is 6480. The van der Waals surface area contributed by atoms with E-state index in [2.05, 4.69) is 298 Å². The highest BCUT2D eigenvalue weighted by Gasteiger charge is 2.37. The van der Waals surface area contributed by atoms with Gasteiger partial charge in [0, 0.05) is 59.0 Å². The summed E-state index contributed by atoms with van der Waals surface area (Å²) in [6.07, 6.45) is 0. The summed E-state index contributed by atoms with van der Waals surface area (Å²) >= 11 is 1.78. The van der Waals surface area contributed by atoms with Crippen LogP contribution in [0.4, 0.5) is 0 Å². The molecule has 0 unspecified atom stereocenters. The molecule has 0 saturated carbocycles. The van der Waals surface area contributed by atoms with Gasteiger partial charge in [-0.1, -0.05) is 240 Å². The highest BCUT2D eigenvalue weighted by molar-refractivity contribution is 7.26. The first kappa shape index (κ1) is 55.2. The van der Waals surface area contributed by atoms with E-state index < -0.39 is 0 Å². The topological polar surface area (TPSA) is 74.6 Å². The summed E-state index contributed by atoms with van der Waals surface area (Å²) in [6.45, 7) is 9.27. The standard InChI is InChI=1S/C45H29N3O.C45H29N3S/c2*1-45(2)35-17-9-7-15-31(35)33-24-29(19-21-36(33)45)43-46-41-32-16-8-10-18-39(32)49-42(41)44(47-43)48-37-22-20-26-11-5-6-14-30(26)40(37)34-23-27-12-3-4-13-28(27)25-38(34)48/h2*3-25H,1-2H3. The summed E-state index contributed by atoms with van der Waals surface area (Å²) in [5.41, 5.74) is 20.1. The average Bonchev–Trinajstić information content (AvgIpc) is 1.58. The van der Waals surface area contributed by atoms with Crippen molar-refractivity contribution < 1.29 is 4.42 Å². The van der Waals surface area contributed by atoms with Crippen molar-refractivity contribution >= 4 is 140 Å². The molecule has 0 bridgehead atoms. The smallest absolute Gasteiger partial charge is 0.197 e. The molecule has 0 atom stereocenters. The average molecular weight is 1270 g/mol. The van der Waals surface area contributed by atoms with Crippen molar-refractivity contribution in [2.45, 2.75) is 38.5 Å². The lowest BCUT2D eigenvalue weighted by atomic mass is 9.82. The third kappa shape index (κ3) is 7.80. The molecule has 0 fully saturated rings. The van der Waals surface area contributed by atoms with E-state index >= 15 is 0 Å². The minimum Gasteiger partial charge on any atom is -0.450 e. The lowest BCUT2D eigenvalue weighted by molar-refractivity contribution is 0.660. The largest absolute Gasteiger partial charge is 0.450 e. The Balaban J connectivity index is 0.000000129. The molecule has 6 heterocycles. The monoisotopic (exact) mass is 1270 g/mol. The van der Waals surface area contributed by atoms with Gasteiger partial charge in [0.25, 0.3) is 0 Å². The maximum Gasteiger partial charge on any atom is 0.197 e. The zero-order chi connectivity index (χ0) is 64.9. The van der Waals surface area contributed by atoms with E-state index in [0.29, 0.717) is 11.4 Å². The van der Waals surface area contributed by atoms with Crippen LogP contribution >= 0.6 is 11.3 Å². The van der Waals surface area contributed by atoms with Crippen molar-refractivity contribution in [3.05, 3.63) is 301 Å². The van der Waals surface area contributed by atoms with E-state index in [-0.39, 0.29) is 10.8 Å². The third-order valence-corrected chi connectivity index (χ3v) is 22.7. The van der Waals surface area contributed by atoms with Crippen LogP contribution in [-0.2, 0) is 10.8 Å². The summed E-state index contributed by atoms with van der Waals surface area (Å²) in [5.74, 6) is 3.08. The lowest BCUT2D eigenvalue weighted by Crippen LogP contribution is -2.14. The SMILES string of the molecule is CC1(C)c2ccccc2-c2cc(-c3nc(-n4c5cc6ccccc6cc5c5c6ccccc6ccc54)c4oc5ccccc5c4n3)ccc21.CC1(C)c2ccccc2-c2cc(-c3nc(-n4c5cc6ccccc6cc5c5c6ccccc6ccc54)c4sc5ccccc5c4n3)ccc21. The molecule has 2 aliphatic rings. The minimum atomic E-state index is -0.0737. The fourth-order valence-electron chi connectivity index (χ4n) is 16.8. The van der Waals surface area contributed by atoms with Crippen LogP contribution in [0.1, 0.15) is 49.9 Å². The number of aromatic nitrogens is 6. The maximum atomic E-state index is 6.67. The van der Waals surface area contributed by atoms with Crippen LogP contribution in [0.5, 0.6) is 0 Å². The summed E-state index contributed by atoms with van der Waals surface area (Å²) in [6, 6.07) is 101. The molecule has 2 aliphatic carbocycles. The molecule has 6 aromatic heterocycles. The first-order valence-corrected chi connectivity index (χ1v) is 34.5. The fraction of sp³-hybridized carbons (Fsp3) is 0.0667. The van der Waals surface area contributed by atoms with E-state index in [9.17, 15) is 0 Å². The molecule has 460 valence electrons. The zero-order valence-corrected chi connectivity index (χ0v) is 54.9. The Kier molecular flexibility index (Phi) is 11.4. The molecule has 0 spiro atoms. The molecule has 0 saturated heterocycles. The molecule has 0 N–H and O–H groups in total. The maximum absolute atomic E-state index is 6.67. The second kappa shape index (κ2) is 20.2. The molecule has 22 rings (SSSR count). The highest BCUT2D eigenvalue weighted by atomic mass is 32.1. The van der Waals surface area contributed by atoms with Gasteiger partial charge in [0.2, 0.25) is 0 Å². The van der Waals surface area contributed by atoms with Crippen LogP contribution in [0, 0.1) is 0 Å². The minimum absolute atomic E-state index is 0.0570. The fourth-order valence-corrected chi connectivity index (χ4v) is 18.0. The second-order valence-electron chi connectivity index (χ2n) is 27.6. The molecule has 8 heteroatoms. The number of nitrogens with zero attached hydrogens (tertiary/aromatic N) is 6. The van der Waals surface area contributed by atoms with Gasteiger partial charge in [-0.25, -0.2) is 19.9 Å². The molecule has 20 aromatic rings. The lowest BCUT2D eigenvalue weighted by Gasteiger charge is -2.21. The Morgan fingerprint density at radius 3 is 1.31 bits per heavy atom. The summed E-state index contributed by atoms with van der Waals surface area (Å²) in [5, 5.41) is 16.8. The van der Waals surface area contributed by atoms with Gasteiger partial charge >= 0.3 is 0 Å². The van der Waals surface area contributed by atoms with Crippen LogP contribution in [0.2, 0.25) is 0 Å². The predicted molar refractivity (Wildman–Crippen MR) is 409 cm³/mol. The Hall–Kier alpha value is -12.1.